The summed E-state index contributed by atoms with van der Waals surface area (Å²) in [5, 5.41) is 3.79. The Morgan fingerprint density at radius 3 is 2.55 bits per heavy atom. The van der Waals surface area contributed by atoms with Crippen LogP contribution in [0.5, 0.6) is 5.75 Å². The highest BCUT2D eigenvalue weighted by Gasteiger charge is 2.17. The van der Waals surface area contributed by atoms with E-state index in [4.69, 9.17) is 27.9 Å². The molecule has 7 heteroatoms. The molecule has 1 unspecified atom stereocenters. The van der Waals surface area contributed by atoms with Gasteiger partial charge in [0.25, 0.3) is 5.91 Å². The van der Waals surface area contributed by atoms with Gasteiger partial charge in [0.2, 0.25) is 5.91 Å². The average Bonchev–Trinajstić information content (AvgIpc) is 2.71. The van der Waals surface area contributed by atoms with E-state index >= 15 is 0 Å². The third-order valence-electron chi connectivity index (χ3n) is 4.26. The van der Waals surface area contributed by atoms with E-state index in [0.29, 0.717) is 27.8 Å². The van der Waals surface area contributed by atoms with Crippen LogP contribution in [0, 0.1) is 0 Å². The van der Waals surface area contributed by atoms with E-state index in [2.05, 4.69) is 5.32 Å². The lowest BCUT2D eigenvalue weighted by molar-refractivity contribution is -0.130. The van der Waals surface area contributed by atoms with Gasteiger partial charge in [-0.25, -0.2) is 0 Å². The molecule has 5 nitrogen and oxygen atoms in total. The molecule has 0 saturated carbocycles. The molecule has 2 amide bonds. The maximum Gasteiger partial charge on any atom is 0.259 e. The van der Waals surface area contributed by atoms with Crippen molar-refractivity contribution in [3.8, 4) is 5.75 Å². The molecule has 0 radical (unpaired) electrons. The molecule has 0 aliphatic carbocycles. The average molecular weight is 435 g/mol. The van der Waals surface area contributed by atoms with E-state index in [1.807, 2.05) is 25.1 Å². The Kier molecular flexibility index (Phi) is 8.55. The fourth-order valence-corrected chi connectivity index (χ4v) is 2.97. The van der Waals surface area contributed by atoms with Crippen LogP contribution in [0.3, 0.4) is 0 Å². The largest absolute Gasteiger partial charge is 0.483 e. The lowest BCUT2D eigenvalue weighted by atomic mass is 10.0. The highest BCUT2D eigenvalue weighted by Crippen LogP contribution is 2.28. The Morgan fingerprint density at radius 2 is 1.86 bits per heavy atom. The van der Waals surface area contributed by atoms with E-state index in [9.17, 15) is 9.59 Å². The van der Waals surface area contributed by atoms with E-state index in [1.165, 1.54) is 11.0 Å². The number of nitrogens with one attached hydrogen (secondary N) is 1. The first-order valence-electron chi connectivity index (χ1n) is 9.18. The van der Waals surface area contributed by atoms with Gasteiger partial charge in [-0.2, -0.15) is 0 Å². The minimum atomic E-state index is -0.271. The lowest BCUT2D eigenvalue weighted by Gasteiger charge is -2.20. The molecule has 0 heterocycles. The second-order valence-corrected chi connectivity index (χ2v) is 7.35. The number of hydrogen-bond acceptors (Lipinski definition) is 3. The predicted octanol–water partition coefficient (Wildman–Crippen LogP) is 4.74. The van der Waals surface area contributed by atoms with Crippen molar-refractivity contribution in [2.75, 3.05) is 20.7 Å². The van der Waals surface area contributed by atoms with E-state index in [-0.39, 0.29) is 24.5 Å². The van der Waals surface area contributed by atoms with Crippen molar-refractivity contribution in [3.05, 3.63) is 69.7 Å². The summed E-state index contributed by atoms with van der Waals surface area (Å²) in [4.78, 5) is 25.7. The van der Waals surface area contributed by atoms with Gasteiger partial charge in [-0.3, -0.25) is 9.59 Å². The van der Waals surface area contributed by atoms with Gasteiger partial charge in [0, 0.05) is 25.7 Å². The summed E-state index contributed by atoms with van der Waals surface area (Å²) in [6.07, 6.45) is 3.69. The molecular weight excluding hydrogens is 411 g/mol. The lowest BCUT2D eigenvalue weighted by Crippen LogP contribution is -2.29. The summed E-state index contributed by atoms with van der Waals surface area (Å²) in [5.41, 5.74) is 1.47. The second-order valence-electron chi connectivity index (χ2n) is 6.56. The zero-order chi connectivity index (χ0) is 21.4. The molecule has 0 saturated heterocycles. The number of rotatable bonds is 8. The molecule has 154 valence electrons. The van der Waals surface area contributed by atoms with Gasteiger partial charge >= 0.3 is 0 Å². The quantitative estimate of drug-likeness (QED) is 0.610. The Bertz CT molecular complexity index is 897. The predicted molar refractivity (Wildman–Crippen MR) is 117 cm³/mol. The maximum atomic E-state index is 12.4. The molecule has 29 heavy (non-hydrogen) atoms. The van der Waals surface area contributed by atoms with E-state index in [1.54, 1.807) is 44.4 Å². The number of hydrogen-bond donors (Lipinski definition) is 1. The first kappa shape index (κ1) is 22.8. The molecule has 1 N–H and O–H groups in total. The second kappa shape index (κ2) is 10.9. The smallest absolute Gasteiger partial charge is 0.259 e. The third kappa shape index (κ3) is 6.51. The highest BCUT2D eigenvalue weighted by molar-refractivity contribution is 6.42. The Labute approximate surface area is 181 Å². The third-order valence-corrected chi connectivity index (χ3v) is 5.10. The monoisotopic (exact) mass is 434 g/mol. The maximum absolute atomic E-state index is 12.4. The van der Waals surface area contributed by atoms with Gasteiger partial charge in [-0.05, 0) is 30.2 Å². The zero-order valence-electron chi connectivity index (χ0n) is 16.6. The molecular formula is C22H24Cl2N2O3. The van der Waals surface area contributed by atoms with Crippen LogP contribution in [0.15, 0.2) is 48.5 Å². The molecule has 0 aliphatic rings. The molecule has 2 rings (SSSR count). The van der Waals surface area contributed by atoms with Gasteiger partial charge in [0.15, 0.2) is 6.61 Å². The summed E-state index contributed by atoms with van der Waals surface area (Å²) in [5.74, 6) is 0.155. The van der Waals surface area contributed by atoms with Crippen LogP contribution in [-0.2, 0) is 9.59 Å². The van der Waals surface area contributed by atoms with Gasteiger partial charge in [0.1, 0.15) is 5.75 Å². The molecule has 2 aromatic carbocycles. The molecule has 0 aliphatic heterocycles. The van der Waals surface area contributed by atoms with Crippen molar-refractivity contribution in [3.63, 3.8) is 0 Å². The summed E-state index contributed by atoms with van der Waals surface area (Å²) >= 11 is 12.1. The number of likely N-dealkylation sites (N-methyl/N-ethyl adjacent to an activating group) is 1. The van der Waals surface area contributed by atoms with Crippen LogP contribution >= 0.6 is 23.2 Å². The molecule has 1 atom stereocenters. The molecule has 0 bridgehead atoms. The summed E-state index contributed by atoms with van der Waals surface area (Å²) in [7, 11) is 3.34. The van der Waals surface area contributed by atoms with Gasteiger partial charge in [0.05, 0.1) is 16.1 Å². The fraction of sp³-hybridized carbons (Fsp3) is 0.273. The Morgan fingerprint density at radius 1 is 1.14 bits per heavy atom. The van der Waals surface area contributed by atoms with Crippen LogP contribution in [0.4, 0.5) is 0 Å². The van der Waals surface area contributed by atoms with Crippen molar-refractivity contribution >= 4 is 41.1 Å². The molecule has 0 aromatic heterocycles. The van der Waals surface area contributed by atoms with Crippen LogP contribution in [0.25, 0.3) is 6.08 Å². The van der Waals surface area contributed by atoms with Crippen molar-refractivity contribution < 1.29 is 14.3 Å². The first-order valence-corrected chi connectivity index (χ1v) is 9.93. The first-order chi connectivity index (χ1) is 13.8. The van der Waals surface area contributed by atoms with E-state index in [0.717, 1.165) is 5.56 Å². The van der Waals surface area contributed by atoms with Crippen LogP contribution < -0.4 is 10.1 Å². The minimum Gasteiger partial charge on any atom is -0.483 e. The Hall–Kier alpha value is -2.50. The van der Waals surface area contributed by atoms with Crippen molar-refractivity contribution in [1.82, 2.24) is 10.2 Å². The summed E-state index contributed by atoms with van der Waals surface area (Å²) in [6.45, 7) is 1.89. The number of carbonyl (C=O) groups is 2. The van der Waals surface area contributed by atoms with Gasteiger partial charge in [-0.15, -0.1) is 0 Å². The fourth-order valence-electron chi connectivity index (χ4n) is 2.60. The number of benzene rings is 2. The normalized spacial score (nSPS) is 11.9. The number of carbonyl (C=O) groups excluding carboxylic acids is 2. The van der Waals surface area contributed by atoms with Crippen LogP contribution in [-0.4, -0.2) is 37.4 Å². The molecule has 0 spiro atoms. The van der Waals surface area contributed by atoms with Crippen LogP contribution in [0.2, 0.25) is 10.0 Å². The number of nitrogens with zero attached hydrogens (tertiary/aromatic N) is 1. The molecule has 0 fully saturated rings. The summed E-state index contributed by atoms with van der Waals surface area (Å²) in [6, 6.07) is 12.3. The van der Waals surface area contributed by atoms with Crippen molar-refractivity contribution in [2.24, 2.45) is 0 Å². The Balaban J connectivity index is 2.11. The number of halogens is 2. The highest BCUT2D eigenvalue weighted by atomic mass is 35.5. The topological polar surface area (TPSA) is 58.6 Å². The zero-order valence-corrected chi connectivity index (χ0v) is 18.1. The van der Waals surface area contributed by atoms with Crippen molar-refractivity contribution in [1.29, 1.82) is 0 Å². The van der Waals surface area contributed by atoms with E-state index < -0.39 is 0 Å². The number of ether oxygens (including phenoxy) is 1. The minimum absolute atomic E-state index is 0.0679. The van der Waals surface area contributed by atoms with Gasteiger partial charge < -0.3 is 15.0 Å². The number of amides is 2. The number of para-hydroxylation sites is 1. The standard InChI is InChI=1S/C22H24Cl2N2O3/c1-4-18(16-9-5-6-11-19(16)29-14-21(28)26(2)3)25-20(27)13-12-15-8-7-10-17(23)22(15)24/h5-13,18H,4,14H2,1-3H3,(H,25,27). The van der Waals surface area contributed by atoms with Crippen molar-refractivity contribution in [2.45, 2.75) is 19.4 Å². The SMILES string of the molecule is CCC(NC(=O)C=Cc1cccc(Cl)c1Cl)c1ccccc1OCC(=O)N(C)C. The summed E-state index contributed by atoms with van der Waals surface area (Å²) < 4.78 is 5.69. The molecule has 2 aromatic rings. The van der Waals surface area contributed by atoms with Crippen LogP contribution in [0.1, 0.15) is 30.5 Å². The van der Waals surface area contributed by atoms with Gasteiger partial charge in [-0.1, -0.05) is 60.5 Å².